The summed E-state index contributed by atoms with van der Waals surface area (Å²) in [4.78, 5) is 37.8. The van der Waals surface area contributed by atoms with E-state index in [1.807, 2.05) is 0 Å². The largest absolute Gasteiger partial charge is 0.450 e. The van der Waals surface area contributed by atoms with E-state index in [1.54, 1.807) is 23.8 Å². The minimum absolute atomic E-state index is 0.0158. The van der Waals surface area contributed by atoms with Crippen molar-refractivity contribution in [3.63, 3.8) is 0 Å². The fraction of sp³-hybridized carbons (Fsp3) is 0.750. The van der Waals surface area contributed by atoms with Gasteiger partial charge in [0.25, 0.3) is 0 Å². The Morgan fingerprint density at radius 2 is 1.90 bits per heavy atom. The van der Waals surface area contributed by atoms with Gasteiger partial charge < -0.3 is 15.0 Å². The molecule has 0 bridgehead atoms. The smallest absolute Gasteiger partial charge is 0.413 e. The minimum atomic E-state index is -0.765. The molecule has 8 heteroatoms. The number of ether oxygens (including phenoxy) is 1. The lowest BCUT2D eigenvalue weighted by Gasteiger charge is -2.29. The Morgan fingerprint density at radius 3 is 2.50 bits per heavy atom. The molecule has 114 valence electrons. The van der Waals surface area contributed by atoms with Crippen molar-refractivity contribution >= 4 is 17.9 Å². The van der Waals surface area contributed by atoms with Gasteiger partial charge in [-0.15, -0.1) is 0 Å². The number of rotatable bonds is 5. The van der Waals surface area contributed by atoms with Crippen LogP contribution >= 0.6 is 0 Å². The van der Waals surface area contributed by atoms with Crippen molar-refractivity contribution in [1.29, 1.82) is 0 Å². The standard InChI is InChI=1S/C12H22N4O4/c1-3-20-12(19)14-10(17)8-15(2)9-11(18)16-6-4-13-5-7-16/h13H,3-9H2,1-2H3,(H,14,17,19). The normalized spacial score (nSPS) is 15.1. The van der Waals surface area contributed by atoms with E-state index in [1.165, 1.54) is 0 Å². The highest BCUT2D eigenvalue weighted by Gasteiger charge is 2.19. The van der Waals surface area contributed by atoms with Crippen LogP contribution in [0.2, 0.25) is 0 Å². The zero-order valence-corrected chi connectivity index (χ0v) is 12.0. The van der Waals surface area contributed by atoms with Crippen LogP contribution in [-0.4, -0.2) is 80.6 Å². The number of imide groups is 1. The highest BCUT2D eigenvalue weighted by atomic mass is 16.5. The molecule has 1 rings (SSSR count). The van der Waals surface area contributed by atoms with Gasteiger partial charge in [0.1, 0.15) is 0 Å². The second-order valence-electron chi connectivity index (χ2n) is 4.57. The molecule has 0 aliphatic carbocycles. The average molecular weight is 286 g/mol. The van der Waals surface area contributed by atoms with Crippen molar-refractivity contribution in [2.45, 2.75) is 6.92 Å². The van der Waals surface area contributed by atoms with Crippen LogP contribution in [0.25, 0.3) is 0 Å². The van der Waals surface area contributed by atoms with Gasteiger partial charge in [-0.2, -0.15) is 0 Å². The molecule has 20 heavy (non-hydrogen) atoms. The van der Waals surface area contributed by atoms with Gasteiger partial charge in [0.2, 0.25) is 11.8 Å². The maximum absolute atomic E-state index is 11.9. The molecule has 1 aliphatic heterocycles. The van der Waals surface area contributed by atoms with Crippen LogP contribution in [0.1, 0.15) is 6.92 Å². The lowest BCUT2D eigenvalue weighted by Crippen LogP contribution is -2.50. The van der Waals surface area contributed by atoms with E-state index in [-0.39, 0.29) is 25.6 Å². The first-order chi connectivity index (χ1) is 9.52. The summed E-state index contributed by atoms with van der Waals surface area (Å²) in [6.07, 6.45) is -0.765. The van der Waals surface area contributed by atoms with Gasteiger partial charge in [0.15, 0.2) is 0 Å². The molecule has 0 atom stereocenters. The highest BCUT2D eigenvalue weighted by molar-refractivity contribution is 5.93. The van der Waals surface area contributed by atoms with Crippen LogP contribution in [-0.2, 0) is 14.3 Å². The molecule has 3 amide bonds. The molecular formula is C12H22N4O4. The molecule has 1 heterocycles. The third-order valence-electron chi connectivity index (χ3n) is 2.81. The molecule has 0 aromatic rings. The number of likely N-dealkylation sites (N-methyl/N-ethyl adjacent to an activating group) is 1. The Kier molecular flexibility index (Phi) is 6.96. The van der Waals surface area contributed by atoms with E-state index in [0.717, 1.165) is 13.1 Å². The minimum Gasteiger partial charge on any atom is -0.450 e. The third kappa shape index (κ3) is 5.98. The first kappa shape index (κ1) is 16.4. The van der Waals surface area contributed by atoms with Crippen molar-refractivity contribution in [3.05, 3.63) is 0 Å². The van der Waals surface area contributed by atoms with Crippen LogP contribution in [0.15, 0.2) is 0 Å². The molecule has 0 saturated carbocycles. The Hall–Kier alpha value is -1.67. The summed E-state index contributed by atoms with van der Waals surface area (Å²) < 4.78 is 4.60. The SMILES string of the molecule is CCOC(=O)NC(=O)CN(C)CC(=O)N1CCNCC1. The zero-order valence-electron chi connectivity index (χ0n) is 12.0. The van der Waals surface area contributed by atoms with Gasteiger partial charge >= 0.3 is 6.09 Å². The van der Waals surface area contributed by atoms with Crippen molar-refractivity contribution < 1.29 is 19.1 Å². The summed E-state index contributed by atoms with van der Waals surface area (Å²) in [7, 11) is 1.66. The molecule has 8 nitrogen and oxygen atoms in total. The summed E-state index contributed by atoms with van der Waals surface area (Å²) in [6, 6.07) is 0. The number of amides is 3. The van der Waals surface area contributed by atoms with Crippen LogP contribution < -0.4 is 10.6 Å². The molecule has 0 radical (unpaired) electrons. The van der Waals surface area contributed by atoms with Gasteiger partial charge in [-0.3, -0.25) is 19.8 Å². The fourth-order valence-electron chi connectivity index (χ4n) is 1.87. The molecule has 0 aromatic carbocycles. The highest BCUT2D eigenvalue weighted by Crippen LogP contribution is 1.95. The molecule has 0 aromatic heterocycles. The molecule has 1 aliphatic rings. The number of hydrogen-bond donors (Lipinski definition) is 2. The molecule has 0 spiro atoms. The number of carbonyl (C=O) groups excluding carboxylic acids is 3. The van der Waals surface area contributed by atoms with Crippen molar-refractivity contribution in [1.82, 2.24) is 20.4 Å². The predicted molar refractivity (Wildman–Crippen MR) is 72.1 cm³/mol. The topological polar surface area (TPSA) is 91.0 Å². The van der Waals surface area contributed by atoms with Crippen LogP contribution in [0.4, 0.5) is 4.79 Å². The van der Waals surface area contributed by atoms with E-state index >= 15 is 0 Å². The number of carbonyl (C=O) groups is 3. The second kappa shape index (κ2) is 8.49. The zero-order chi connectivity index (χ0) is 15.0. The van der Waals surface area contributed by atoms with Gasteiger partial charge in [-0.05, 0) is 14.0 Å². The monoisotopic (exact) mass is 286 g/mol. The van der Waals surface area contributed by atoms with Crippen LogP contribution in [0.3, 0.4) is 0 Å². The van der Waals surface area contributed by atoms with Crippen LogP contribution in [0, 0.1) is 0 Å². The summed E-state index contributed by atoms with van der Waals surface area (Å²) in [6.45, 7) is 4.92. The fourth-order valence-corrected chi connectivity index (χ4v) is 1.87. The lowest BCUT2D eigenvalue weighted by atomic mass is 10.3. The summed E-state index contributed by atoms with van der Waals surface area (Å²) in [5.74, 6) is -0.503. The maximum atomic E-state index is 11.9. The third-order valence-corrected chi connectivity index (χ3v) is 2.81. The quantitative estimate of drug-likeness (QED) is 0.647. The van der Waals surface area contributed by atoms with E-state index in [4.69, 9.17) is 0 Å². The Morgan fingerprint density at radius 1 is 1.25 bits per heavy atom. The van der Waals surface area contributed by atoms with E-state index in [2.05, 4.69) is 15.4 Å². The summed E-state index contributed by atoms with van der Waals surface area (Å²) in [5, 5.41) is 5.25. The Bertz CT molecular complexity index is 355. The van der Waals surface area contributed by atoms with Gasteiger partial charge in [0.05, 0.1) is 19.7 Å². The van der Waals surface area contributed by atoms with Gasteiger partial charge in [-0.25, -0.2) is 4.79 Å². The second-order valence-corrected chi connectivity index (χ2v) is 4.57. The molecule has 1 saturated heterocycles. The van der Waals surface area contributed by atoms with E-state index < -0.39 is 12.0 Å². The number of nitrogens with one attached hydrogen (secondary N) is 2. The Balaban J connectivity index is 2.27. The number of hydrogen-bond acceptors (Lipinski definition) is 6. The first-order valence-electron chi connectivity index (χ1n) is 6.66. The maximum Gasteiger partial charge on any atom is 0.413 e. The van der Waals surface area contributed by atoms with E-state index in [9.17, 15) is 14.4 Å². The number of alkyl carbamates (subject to hydrolysis) is 1. The summed E-state index contributed by atoms with van der Waals surface area (Å²) >= 11 is 0. The van der Waals surface area contributed by atoms with Crippen molar-refractivity contribution in [2.24, 2.45) is 0 Å². The average Bonchev–Trinajstić information content (AvgIpc) is 2.39. The van der Waals surface area contributed by atoms with E-state index in [0.29, 0.717) is 13.1 Å². The number of piperazine rings is 1. The van der Waals surface area contributed by atoms with Crippen molar-refractivity contribution in [2.75, 3.05) is 52.9 Å². The van der Waals surface area contributed by atoms with Gasteiger partial charge in [-0.1, -0.05) is 0 Å². The summed E-state index contributed by atoms with van der Waals surface area (Å²) in [5.41, 5.74) is 0. The first-order valence-corrected chi connectivity index (χ1v) is 6.66. The van der Waals surface area contributed by atoms with Crippen molar-refractivity contribution in [3.8, 4) is 0 Å². The van der Waals surface area contributed by atoms with Gasteiger partial charge in [0, 0.05) is 26.2 Å². The molecule has 0 unspecified atom stereocenters. The molecule has 1 fully saturated rings. The number of nitrogens with zero attached hydrogens (tertiary/aromatic N) is 2. The Labute approximate surface area is 118 Å². The van der Waals surface area contributed by atoms with Crippen LogP contribution in [0.5, 0.6) is 0 Å². The lowest BCUT2D eigenvalue weighted by molar-refractivity contribution is -0.133. The predicted octanol–water partition coefficient (Wildman–Crippen LogP) is -1.38. The molecular weight excluding hydrogens is 264 g/mol. The molecule has 2 N–H and O–H groups in total.